The predicted molar refractivity (Wildman–Crippen MR) is 148 cm³/mol. The molecule has 9 nitrogen and oxygen atoms in total. The summed E-state index contributed by atoms with van der Waals surface area (Å²) in [5.74, 6) is 0.0876. The van der Waals surface area contributed by atoms with Crippen molar-refractivity contribution < 1.29 is 18.4 Å². The molecular formula is C30H33FN6O3. The molecular weight excluding hydrogens is 511 g/mol. The number of furan rings is 1. The van der Waals surface area contributed by atoms with Crippen molar-refractivity contribution in [1.82, 2.24) is 25.5 Å². The molecule has 0 saturated heterocycles. The number of rotatable bonds is 9. The highest BCUT2D eigenvalue weighted by Crippen LogP contribution is 2.32. The second-order valence-corrected chi connectivity index (χ2v) is 10.5. The summed E-state index contributed by atoms with van der Waals surface area (Å²) in [6.45, 7) is 5.65. The summed E-state index contributed by atoms with van der Waals surface area (Å²) in [5.41, 5.74) is 1.82. The van der Waals surface area contributed by atoms with Crippen LogP contribution >= 0.6 is 0 Å². The predicted octanol–water partition coefficient (Wildman–Crippen LogP) is 5.34. The van der Waals surface area contributed by atoms with Gasteiger partial charge in [0.25, 0.3) is 11.8 Å². The van der Waals surface area contributed by atoms with Crippen molar-refractivity contribution in [2.45, 2.75) is 71.0 Å². The lowest BCUT2D eigenvalue weighted by molar-refractivity contribution is -0.128. The fourth-order valence-electron chi connectivity index (χ4n) is 5.04. The minimum atomic E-state index is -1.05. The first-order valence-corrected chi connectivity index (χ1v) is 13.6. The number of nitrogens with one attached hydrogen (secondary N) is 1. The summed E-state index contributed by atoms with van der Waals surface area (Å²) < 4.78 is 20.2. The van der Waals surface area contributed by atoms with Crippen LogP contribution in [0.25, 0.3) is 11.4 Å². The Labute approximate surface area is 232 Å². The topological polar surface area (TPSA) is 106 Å². The minimum Gasteiger partial charge on any atom is -0.464 e. The third-order valence-electron chi connectivity index (χ3n) is 7.19. The van der Waals surface area contributed by atoms with Gasteiger partial charge in [-0.1, -0.05) is 51.0 Å². The molecule has 1 aliphatic rings. The maximum absolute atomic E-state index is 14.3. The Morgan fingerprint density at radius 1 is 1.07 bits per heavy atom. The zero-order valence-corrected chi connectivity index (χ0v) is 22.9. The van der Waals surface area contributed by atoms with Crippen LogP contribution < -0.4 is 10.2 Å². The Kier molecular flexibility index (Phi) is 8.04. The van der Waals surface area contributed by atoms with Gasteiger partial charge in [0.05, 0.1) is 5.56 Å². The van der Waals surface area contributed by atoms with Gasteiger partial charge < -0.3 is 9.73 Å². The van der Waals surface area contributed by atoms with E-state index in [1.54, 1.807) is 37.3 Å². The Morgan fingerprint density at radius 3 is 2.45 bits per heavy atom. The Hall–Kier alpha value is -4.34. The Morgan fingerprint density at radius 2 is 1.80 bits per heavy atom. The van der Waals surface area contributed by atoms with Crippen molar-refractivity contribution in [3.63, 3.8) is 0 Å². The summed E-state index contributed by atoms with van der Waals surface area (Å²) >= 11 is 0. The quantitative estimate of drug-likeness (QED) is 0.305. The number of carbonyl (C=O) groups is 2. The van der Waals surface area contributed by atoms with E-state index in [4.69, 9.17) is 4.42 Å². The molecule has 10 heteroatoms. The van der Waals surface area contributed by atoms with E-state index in [9.17, 15) is 14.0 Å². The fraction of sp³-hybridized carbons (Fsp3) is 0.367. The highest BCUT2D eigenvalue weighted by atomic mass is 19.1. The molecule has 0 radical (unpaired) electrons. The number of anilines is 1. The maximum atomic E-state index is 14.3. The third-order valence-corrected chi connectivity index (χ3v) is 7.19. The summed E-state index contributed by atoms with van der Waals surface area (Å²) in [7, 11) is 0. The summed E-state index contributed by atoms with van der Waals surface area (Å²) in [6, 6.07) is 16.1. The van der Waals surface area contributed by atoms with Crippen LogP contribution in [-0.4, -0.2) is 38.1 Å². The minimum absolute atomic E-state index is 0.0478. The SMILES string of the molecule is Cc1ccc([C@H](C(=O)NC2CCCC2)N(C(=O)Cn2nnc(-c3ccccc3F)n2)c2ccc(C(C)C)cc2)o1. The molecule has 2 amide bonds. The summed E-state index contributed by atoms with van der Waals surface area (Å²) in [4.78, 5) is 30.4. The van der Waals surface area contributed by atoms with Gasteiger partial charge in [-0.15, -0.1) is 10.2 Å². The van der Waals surface area contributed by atoms with Crippen molar-refractivity contribution in [2.24, 2.45) is 0 Å². The zero-order valence-electron chi connectivity index (χ0n) is 22.9. The number of benzene rings is 2. The lowest BCUT2D eigenvalue weighted by Crippen LogP contribution is -2.47. The summed E-state index contributed by atoms with van der Waals surface area (Å²) in [5, 5.41) is 15.3. The molecule has 40 heavy (non-hydrogen) atoms. The van der Waals surface area contributed by atoms with Crippen LogP contribution in [0.2, 0.25) is 0 Å². The van der Waals surface area contributed by atoms with Crippen molar-refractivity contribution in [2.75, 3.05) is 4.90 Å². The van der Waals surface area contributed by atoms with Crippen LogP contribution in [0.3, 0.4) is 0 Å². The normalized spacial score (nSPS) is 14.4. The van der Waals surface area contributed by atoms with Gasteiger partial charge in [-0.3, -0.25) is 14.5 Å². The first-order valence-electron chi connectivity index (χ1n) is 13.6. The molecule has 1 fully saturated rings. The smallest absolute Gasteiger partial charge is 0.251 e. The molecule has 2 aromatic carbocycles. The Bertz CT molecular complexity index is 1470. The lowest BCUT2D eigenvalue weighted by atomic mass is 10.0. The average molecular weight is 545 g/mol. The fourth-order valence-corrected chi connectivity index (χ4v) is 5.04. The first kappa shape index (κ1) is 27.2. The highest BCUT2D eigenvalue weighted by molar-refractivity contribution is 6.01. The molecule has 2 aromatic heterocycles. The Balaban J connectivity index is 1.51. The molecule has 5 rings (SSSR count). The van der Waals surface area contributed by atoms with Crippen LogP contribution in [-0.2, 0) is 16.1 Å². The number of amides is 2. The largest absolute Gasteiger partial charge is 0.464 e. The van der Waals surface area contributed by atoms with Gasteiger partial charge in [0.1, 0.15) is 23.9 Å². The van der Waals surface area contributed by atoms with Crippen LogP contribution in [0.15, 0.2) is 65.1 Å². The lowest BCUT2D eigenvalue weighted by Gasteiger charge is -2.31. The number of aryl methyl sites for hydroxylation is 1. The van der Waals surface area contributed by atoms with E-state index in [0.717, 1.165) is 36.0 Å². The van der Waals surface area contributed by atoms with Crippen molar-refractivity contribution >= 4 is 17.5 Å². The molecule has 0 spiro atoms. The van der Waals surface area contributed by atoms with Gasteiger partial charge in [0, 0.05) is 11.7 Å². The van der Waals surface area contributed by atoms with Crippen molar-refractivity contribution in [3.8, 4) is 11.4 Å². The number of hydrogen-bond donors (Lipinski definition) is 1. The molecule has 0 unspecified atom stereocenters. The van der Waals surface area contributed by atoms with Crippen LogP contribution in [0, 0.1) is 12.7 Å². The number of tetrazole rings is 1. The van der Waals surface area contributed by atoms with Gasteiger partial charge >= 0.3 is 0 Å². The van der Waals surface area contributed by atoms with Gasteiger partial charge in [-0.05, 0) is 72.9 Å². The molecule has 4 aromatic rings. The van der Waals surface area contributed by atoms with E-state index in [1.165, 1.54) is 11.0 Å². The number of hydrogen-bond acceptors (Lipinski definition) is 6. The number of carbonyl (C=O) groups excluding carboxylic acids is 2. The van der Waals surface area contributed by atoms with E-state index >= 15 is 0 Å². The van der Waals surface area contributed by atoms with E-state index in [0.29, 0.717) is 23.1 Å². The van der Waals surface area contributed by atoms with E-state index < -0.39 is 17.8 Å². The molecule has 0 aliphatic heterocycles. The standard InChI is InChI=1S/C30H33FN6O3/c1-19(2)21-13-15-23(16-14-21)37(27(38)18-36-34-29(33-35-36)24-10-6-7-11-25(24)31)28(26-17-12-20(3)40-26)30(39)32-22-8-4-5-9-22/h6-7,10-17,19,22,28H,4-5,8-9,18H2,1-3H3,(H,32,39)/t28-/m1/s1. The second kappa shape index (κ2) is 11.8. The van der Waals surface area contributed by atoms with Gasteiger partial charge in [0.15, 0.2) is 6.04 Å². The van der Waals surface area contributed by atoms with E-state index in [-0.39, 0.29) is 29.9 Å². The molecule has 0 bridgehead atoms. The number of nitrogens with zero attached hydrogens (tertiary/aromatic N) is 5. The average Bonchev–Trinajstić information content (AvgIpc) is 3.71. The number of aromatic nitrogens is 4. The van der Waals surface area contributed by atoms with Gasteiger partial charge in [0.2, 0.25) is 5.82 Å². The van der Waals surface area contributed by atoms with E-state index in [2.05, 4.69) is 34.6 Å². The van der Waals surface area contributed by atoms with E-state index in [1.807, 2.05) is 24.3 Å². The third kappa shape index (κ3) is 5.95. The van der Waals surface area contributed by atoms with Crippen LogP contribution in [0.4, 0.5) is 10.1 Å². The molecule has 208 valence electrons. The van der Waals surface area contributed by atoms with Crippen LogP contribution in [0.1, 0.15) is 68.6 Å². The molecule has 1 N–H and O–H groups in total. The number of halogens is 1. The van der Waals surface area contributed by atoms with Gasteiger partial charge in [-0.2, -0.15) is 4.80 Å². The maximum Gasteiger partial charge on any atom is 0.251 e. The molecule has 1 saturated carbocycles. The van der Waals surface area contributed by atoms with Gasteiger partial charge in [-0.25, -0.2) is 4.39 Å². The molecule has 1 atom stereocenters. The zero-order chi connectivity index (χ0) is 28.2. The first-order chi connectivity index (χ1) is 19.3. The summed E-state index contributed by atoms with van der Waals surface area (Å²) in [6.07, 6.45) is 3.90. The van der Waals surface area contributed by atoms with Crippen molar-refractivity contribution in [3.05, 3.63) is 83.6 Å². The molecule has 2 heterocycles. The van der Waals surface area contributed by atoms with Crippen LogP contribution in [0.5, 0.6) is 0 Å². The molecule has 1 aliphatic carbocycles. The van der Waals surface area contributed by atoms with Crippen molar-refractivity contribution in [1.29, 1.82) is 0 Å². The highest BCUT2D eigenvalue weighted by Gasteiger charge is 2.37. The monoisotopic (exact) mass is 544 g/mol. The second-order valence-electron chi connectivity index (χ2n) is 10.5.